The maximum absolute atomic E-state index is 13.6. The Bertz CT molecular complexity index is 3740. The molecule has 0 spiro atoms. The van der Waals surface area contributed by atoms with Gasteiger partial charge in [0, 0.05) is 43.3 Å². The number of hydrogen-bond donors (Lipinski definition) is 4. The zero-order valence-corrected chi connectivity index (χ0v) is 44.1. The maximum atomic E-state index is 13.6. The minimum Gasteiger partial charge on any atom is -0.395 e. The summed E-state index contributed by atoms with van der Waals surface area (Å²) >= 11 is 2.89. The van der Waals surface area contributed by atoms with Crippen LogP contribution < -0.4 is 11.1 Å². The van der Waals surface area contributed by atoms with E-state index in [0.717, 1.165) is 22.5 Å². The van der Waals surface area contributed by atoms with Crippen molar-refractivity contribution in [2.75, 3.05) is 37.9 Å². The summed E-state index contributed by atoms with van der Waals surface area (Å²) in [6.45, 7) is 10.6. The lowest BCUT2D eigenvalue weighted by Gasteiger charge is -2.29. The average Bonchev–Trinajstić information content (AvgIpc) is 4.31. The number of thioether (sulfide) groups is 2. The molecule has 0 unspecified atom stereocenters. The van der Waals surface area contributed by atoms with Gasteiger partial charge in [-0.1, -0.05) is 94.6 Å². The molecule has 0 aliphatic heterocycles. The molecule has 25 heteroatoms. The van der Waals surface area contributed by atoms with Gasteiger partial charge in [-0.2, -0.15) is 9.97 Å². The Hall–Kier alpha value is -7.26. The lowest BCUT2D eigenvalue weighted by Crippen LogP contribution is -2.31. The molecule has 2 aromatic carbocycles. The van der Waals surface area contributed by atoms with Gasteiger partial charge < -0.3 is 39.0 Å². The molecule has 10 rings (SSSR count). The Morgan fingerprint density at radius 3 is 1.78 bits per heavy atom. The molecule has 396 valence electrons. The quantitative estimate of drug-likeness (QED) is 0.0374. The fraction of sp³-hybridized carbons (Fsp3) is 0.373. The van der Waals surface area contributed by atoms with Crippen molar-refractivity contribution in [2.45, 2.75) is 94.9 Å². The van der Waals surface area contributed by atoms with E-state index in [4.69, 9.17) is 24.2 Å². The second-order valence-corrected chi connectivity index (χ2v) is 21.2. The maximum Gasteiger partial charge on any atom is 0.287 e. The summed E-state index contributed by atoms with van der Waals surface area (Å²) in [5.74, 6) is 1.95. The minimum atomic E-state index is -0.493. The highest BCUT2D eigenvalue weighted by Crippen LogP contribution is 2.27. The highest BCUT2D eigenvalue weighted by molar-refractivity contribution is 7.99. The first-order valence-electron chi connectivity index (χ1n) is 24.8. The van der Waals surface area contributed by atoms with Gasteiger partial charge in [0.1, 0.15) is 11.4 Å². The van der Waals surface area contributed by atoms with Gasteiger partial charge in [-0.15, -0.1) is 10.2 Å². The molecule has 0 saturated carbocycles. The Morgan fingerprint density at radius 1 is 0.632 bits per heavy atom. The Balaban J connectivity index is 0.637. The highest BCUT2D eigenvalue weighted by atomic mass is 32.2. The van der Waals surface area contributed by atoms with Crippen molar-refractivity contribution in [3.05, 3.63) is 124 Å². The van der Waals surface area contributed by atoms with Gasteiger partial charge in [-0.05, 0) is 57.7 Å². The Morgan fingerprint density at radius 2 is 1.17 bits per heavy atom. The van der Waals surface area contributed by atoms with E-state index in [9.17, 15) is 19.8 Å². The fourth-order valence-corrected chi connectivity index (χ4v) is 10.2. The molecule has 4 N–H and O–H groups in total. The highest BCUT2D eigenvalue weighted by Gasteiger charge is 2.25. The lowest BCUT2D eigenvalue weighted by molar-refractivity contribution is -0.0862. The van der Waals surface area contributed by atoms with Crippen LogP contribution in [0.1, 0.15) is 51.9 Å². The van der Waals surface area contributed by atoms with Crippen LogP contribution in [0, 0.1) is 0 Å². The number of aryl methyl sites for hydroxylation is 2. The molecule has 10 aromatic rings. The van der Waals surface area contributed by atoms with Crippen LogP contribution in [0.2, 0.25) is 0 Å². The number of benzene rings is 2. The fourth-order valence-electron chi connectivity index (χ4n) is 8.34. The molecule has 8 aromatic heterocycles. The summed E-state index contributed by atoms with van der Waals surface area (Å²) in [5.41, 5.74) is 4.53. The number of fused-ring (bicyclic) bond motifs is 4. The summed E-state index contributed by atoms with van der Waals surface area (Å²) in [5, 5.41) is 37.8. The second kappa shape index (κ2) is 22.9. The van der Waals surface area contributed by atoms with E-state index in [1.54, 1.807) is 43.2 Å². The molecule has 0 radical (unpaired) electrons. The van der Waals surface area contributed by atoms with Crippen LogP contribution in [-0.2, 0) is 47.1 Å². The first-order chi connectivity index (χ1) is 36.8. The number of nitrogens with one attached hydrogen (secondary N) is 2. The molecule has 76 heavy (non-hydrogen) atoms. The molecule has 0 fully saturated rings. The SMILES string of the molecule is CC(C)(CCOCc1cn(CCSc2nc3c(=O)n4cc(-c5ccccc5)[nH]c4nc3n2CCO)nn1)OCCC(C)(C)OCc1cn(CCSc2nc3c(=O)n4cc(-c5ccccc5)[nH]c4nc3n2C=CCO)nn1. The first kappa shape index (κ1) is 52.2. The predicted octanol–water partition coefficient (Wildman–Crippen LogP) is 5.70. The number of H-pyrrole nitrogens is 2. The normalized spacial score (nSPS) is 12.6. The van der Waals surface area contributed by atoms with E-state index < -0.39 is 11.2 Å². The standard InChI is InChI=1S/C51H58N16O7S2/c1-50(2,16-24-72-32-36-28-62(60-58-36)20-27-76-49-55-41-43(65(49)19-23-69)57-47-53-39(31-67(47)45(41)71)35-14-9-6-10-15-35)73-25-17-51(3,4)74-33-37-29-63(61-59-37)21-26-75-48-54-40-42(64(48)18-11-22-68)56-46-52-38(30-66(46)44(40)70)34-12-7-5-8-13-34/h5-15,18,28-31,68-69H,16-17,19-27,32-33H2,1-4H3,(H,52,56)(H,53,57). The van der Waals surface area contributed by atoms with Crippen LogP contribution in [0.3, 0.4) is 0 Å². The van der Waals surface area contributed by atoms with E-state index in [-0.39, 0.29) is 48.5 Å². The van der Waals surface area contributed by atoms with Crippen LogP contribution in [-0.4, -0.2) is 137 Å². The van der Waals surface area contributed by atoms with E-state index in [1.165, 1.54) is 32.3 Å². The Kier molecular flexibility index (Phi) is 15.7. The molecule has 0 aliphatic rings. The number of nitrogens with zero attached hydrogens (tertiary/aromatic N) is 14. The number of ether oxygens (including phenoxy) is 3. The van der Waals surface area contributed by atoms with Gasteiger partial charge in [0.2, 0.25) is 11.6 Å². The monoisotopic (exact) mass is 1070 g/mol. The van der Waals surface area contributed by atoms with Gasteiger partial charge in [0.15, 0.2) is 32.6 Å². The van der Waals surface area contributed by atoms with E-state index in [0.29, 0.717) is 102 Å². The van der Waals surface area contributed by atoms with E-state index in [1.807, 2.05) is 101 Å². The predicted molar refractivity (Wildman–Crippen MR) is 288 cm³/mol. The van der Waals surface area contributed by atoms with E-state index in [2.05, 4.69) is 40.6 Å². The number of rotatable bonds is 26. The summed E-state index contributed by atoms with van der Waals surface area (Å²) in [6.07, 6.45) is 11.7. The second-order valence-electron chi connectivity index (χ2n) is 19.1. The number of aliphatic hydroxyl groups is 2. The zero-order valence-electron chi connectivity index (χ0n) is 42.4. The van der Waals surface area contributed by atoms with Gasteiger partial charge >= 0.3 is 0 Å². The number of aromatic nitrogens is 16. The molecule has 0 aliphatic carbocycles. The smallest absolute Gasteiger partial charge is 0.287 e. The number of aliphatic hydroxyl groups excluding tert-OH is 2. The zero-order chi connectivity index (χ0) is 52.8. The summed E-state index contributed by atoms with van der Waals surface area (Å²) in [6, 6.07) is 19.4. The van der Waals surface area contributed by atoms with Crippen molar-refractivity contribution in [1.29, 1.82) is 0 Å². The third-order valence-electron chi connectivity index (χ3n) is 12.5. The van der Waals surface area contributed by atoms with Crippen molar-refractivity contribution >= 4 is 63.6 Å². The van der Waals surface area contributed by atoms with Crippen LogP contribution in [0.4, 0.5) is 0 Å². The van der Waals surface area contributed by atoms with Crippen molar-refractivity contribution in [1.82, 2.24) is 77.8 Å². The number of imidazole rings is 4. The van der Waals surface area contributed by atoms with Crippen LogP contribution in [0.5, 0.6) is 0 Å². The molecule has 23 nitrogen and oxygen atoms in total. The van der Waals surface area contributed by atoms with Gasteiger partial charge in [-0.25, -0.2) is 18.8 Å². The van der Waals surface area contributed by atoms with Gasteiger partial charge in [0.05, 0.1) is 81.1 Å². The average molecular weight is 1070 g/mol. The largest absolute Gasteiger partial charge is 0.395 e. The van der Waals surface area contributed by atoms with Crippen molar-refractivity contribution < 1.29 is 24.4 Å². The molecule has 0 saturated heterocycles. The van der Waals surface area contributed by atoms with Gasteiger partial charge in [0.25, 0.3) is 11.1 Å². The summed E-state index contributed by atoms with van der Waals surface area (Å²) in [7, 11) is 0. The Labute approximate surface area is 443 Å². The van der Waals surface area contributed by atoms with Crippen molar-refractivity contribution in [2.24, 2.45) is 0 Å². The first-order valence-corrected chi connectivity index (χ1v) is 26.8. The van der Waals surface area contributed by atoms with E-state index >= 15 is 0 Å². The molecule has 0 bridgehead atoms. The third-order valence-corrected chi connectivity index (χ3v) is 14.4. The third kappa shape index (κ3) is 11.9. The summed E-state index contributed by atoms with van der Waals surface area (Å²) < 4.78 is 28.5. The topological polar surface area (TPSA) is 266 Å². The minimum absolute atomic E-state index is 0.136. The van der Waals surface area contributed by atoms with Crippen molar-refractivity contribution in [3.8, 4) is 22.5 Å². The molecular formula is C51H58N16O7S2. The number of aromatic amines is 2. The molecular weight excluding hydrogens is 1010 g/mol. The van der Waals surface area contributed by atoms with Gasteiger partial charge in [-0.3, -0.25) is 23.5 Å². The van der Waals surface area contributed by atoms with Crippen LogP contribution in [0.15, 0.2) is 111 Å². The molecule has 0 amide bonds. The number of hydrogen-bond acceptors (Lipinski definition) is 17. The lowest BCUT2D eigenvalue weighted by atomic mass is 10.0. The van der Waals surface area contributed by atoms with Crippen LogP contribution >= 0.6 is 23.5 Å². The molecule has 0 atom stereocenters. The van der Waals surface area contributed by atoms with Crippen molar-refractivity contribution in [3.63, 3.8) is 0 Å². The van der Waals surface area contributed by atoms with Crippen LogP contribution in [0.25, 0.3) is 62.6 Å². The summed E-state index contributed by atoms with van der Waals surface area (Å²) in [4.78, 5) is 52.4. The molecule has 8 heterocycles.